The summed E-state index contributed by atoms with van der Waals surface area (Å²) in [6.07, 6.45) is 3.44. The third kappa shape index (κ3) is 2.83. The highest BCUT2D eigenvalue weighted by molar-refractivity contribution is 8.14. The second kappa shape index (κ2) is 4.98. The van der Waals surface area contributed by atoms with Gasteiger partial charge in [0.1, 0.15) is 0 Å². The fourth-order valence-corrected chi connectivity index (χ4v) is 1.89. The van der Waals surface area contributed by atoms with Crippen LogP contribution in [-0.2, 0) is 4.75 Å². The molecule has 1 atom stereocenters. The highest BCUT2D eigenvalue weighted by Crippen LogP contribution is 2.36. The first kappa shape index (κ1) is 11.8. The Morgan fingerprint density at radius 1 is 1.67 bits per heavy atom. The molecule has 1 aromatic heterocycles. The summed E-state index contributed by atoms with van der Waals surface area (Å²) in [4.78, 5) is 15.6. The van der Waals surface area contributed by atoms with Crippen molar-refractivity contribution in [2.75, 3.05) is 7.05 Å². The van der Waals surface area contributed by atoms with Crippen molar-refractivity contribution in [2.24, 2.45) is 0 Å². The Labute approximate surface area is 94.0 Å². The SMILES string of the molecule is C=C[C@](C)(SC(=O)NC)c1ccccn1. The van der Waals surface area contributed by atoms with Crippen LogP contribution in [-0.4, -0.2) is 17.3 Å². The lowest BCUT2D eigenvalue weighted by Gasteiger charge is -2.22. The van der Waals surface area contributed by atoms with Crippen molar-refractivity contribution in [1.82, 2.24) is 10.3 Å². The quantitative estimate of drug-likeness (QED) is 0.799. The van der Waals surface area contributed by atoms with E-state index in [1.165, 1.54) is 11.8 Å². The zero-order valence-corrected chi connectivity index (χ0v) is 9.67. The third-order valence-corrected chi connectivity index (χ3v) is 3.26. The lowest BCUT2D eigenvalue weighted by molar-refractivity contribution is 0.262. The minimum atomic E-state index is -0.485. The van der Waals surface area contributed by atoms with Gasteiger partial charge >= 0.3 is 0 Å². The number of amides is 1. The number of thioether (sulfide) groups is 1. The molecule has 0 saturated carbocycles. The van der Waals surface area contributed by atoms with Crippen LogP contribution >= 0.6 is 11.8 Å². The molecule has 0 radical (unpaired) electrons. The maximum Gasteiger partial charge on any atom is 0.280 e. The number of hydrogen-bond acceptors (Lipinski definition) is 3. The van der Waals surface area contributed by atoms with Gasteiger partial charge in [-0.05, 0) is 30.8 Å². The molecular formula is C11H14N2OS. The van der Waals surface area contributed by atoms with Gasteiger partial charge < -0.3 is 5.32 Å². The number of carbonyl (C=O) groups excluding carboxylic acids is 1. The molecule has 1 heterocycles. The molecule has 4 heteroatoms. The molecule has 0 aliphatic rings. The Hall–Kier alpha value is -1.29. The molecule has 0 bridgehead atoms. The predicted octanol–water partition coefficient (Wildman–Crippen LogP) is 2.56. The van der Waals surface area contributed by atoms with Crippen molar-refractivity contribution in [3.63, 3.8) is 0 Å². The number of aromatic nitrogens is 1. The molecule has 0 aliphatic heterocycles. The van der Waals surface area contributed by atoms with E-state index in [0.717, 1.165) is 5.69 Å². The molecule has 1 N–H and O–H groups in total. The van der Waals surface area contributed by atoms with Gasteiger partial charge in [0.25, 0.3) is 5.24 Å². The van der Waals surface area contributed by atoms with E-state index in [1.807, 2.05) is 25.1 Å². The standard InChI is InChI=1S/C11H14N2OS/c1-4-11(2,15-10(14)12-3)9-7-5-6-8-13-9/h4-8H,1H2,2-3H3,(H,12,14)/t11-/m0/s1. The Kier molecular flexibility index (Phi) is 3.91. The van der Waals surface area contributed by atoms with Crippen LogP contribution < -0.4 is 5.32 Å². The van der Waals surface area contributed by atoms with Crippen LogP contribution in [0.5, 0.6) is 0 Å². The average molecular weight is 222 g/mol. The van der Waals surface area contributed by atoms with Crippen LogP contribution in [0.15, 0.2) is 37.1 Å². The van der Waals surface area contributed by atoms with Gasteiger partial charge in [0, 0.05) is 13.2 Å². The first-order chi connectivity index (χ1) is 7.12. The number of rotatable bonds is 3. The molecule has 1 aromatic rings. The molecule has 3 nitrogen and oxygen atoms in total. The summed E-state index contributed by atoms with van der Waals surface area (Å²) in [7, 11) is 1.61. The van der Waals surface area contributed by atoms with Gasteiger partial charge in [-0.1, -0.05) is 12.1 Å². The summed E-state index contributed by atoms with van der Waals surface area (Å²) >= 11 is 1.17. The fourth-order valence-electron chi connectivity index (χ4n) is 1.10. The minimum absolute atomic E-state index is 0.0944. The van der Waals surface area contributed by atoms with Gasteiger partial charge in [-0.3, -0.25) is 9.78 Å². The van der Waals surface area contributed by atoms with Crippen LogP contribution in [0.1, 0.15) is 12.6 Å². The van der Waals surface area contributed by atoms with E-state index in [1.54, 1.807) is 19.3 Å². The molecule has 0 fully saturated rings. The molecule has 80 valence electrons. The predicted molar refractivity (Wildman–Crippen MR) is 63.8 cm³/mol. The topological polar surface area (TPSA) is 42.0 Å². The maximum atomic E-state index is 11.3. The summed E-state index contributed by atoms with van der Waals surface area (Å²) in [5, 5.41) is 2.48. The van der Waals surface area contributed by atoms with Gasteiger partial charge in [0.05, 0.1) is 10.4 Å². The highest BCUT2D eigenvalue weighted by atomic mass is 32.2. The normalized spacial score (nSPS) is 14.0. The zero-order valence-electron chi connectivity index (χ0n) is 8.86. The second-order valence-corrected chi connectivity index (χ2v) is 4.59. The number of pyridine rings is 1. The highest BCUT2D eigenvalue weighted by Gasteiger charge is 2.28. The fraction of sp³-hybridized carbons (Fsp3) is 0.273. The Morgan fingerprint density at radius 3 is 2.87 bits per heavy atom. The van der Waals surface area contributed by atoms with E-state index < -0.39 is 4.75 Å². The lowest BCUT2D eigenvalue weighted by Crippen LogP contribution is -2.23. The van der Waals surface area contributed by atoms with E-state index >= 15 is 0 Å². The molecule has 0 aromatic carbocycles. The first-order valence-electron chi connectivity index (χ1n) is 4.58. The molecular weight excluding hydrogens is 208 g/mol. The molecule has 0 aliphatic carbocycles. The van der Waals surface area contributed by atoms with Crippen LogP contribution in [0.2, 0.25) is 0 Å². The summed E-state index contributed by atoms with van der Waals surface area (Å²) in [5.74, 6) is 0. The van der Waals surface area contributed by atoms with Gasteiger partial charge in [0.15, 0.2) is 0 Å². The molecule has 0 spiro atoms. The van der Waals surface area contributed by atoms with Crippen molar-refractivity contribution in [3.8, 4) is 0 Å². The molecule has 0 unspecified atom stereocenters. The van der Waals surface area contributed by atoms with E-state index in [-0.39, 0.29) is 5.24 Å². The first-order valence-corrected chi connectivity index (χ1v) is 5.40. The number of nitrogens with zero attached hydrogens (tertiary/aromatic N) is 1. The van der Waals surface area contributed by atoms with Crippen molar-refractivity contribution in [1.29, 1.82) is 0 Å². The molecule has 0 saturated heterocycles. The van der Waals surface area contributed by atoms with Crippen LogP contribution in [0.4, 0.5) is 4.79 Å². The Bertz CT molecular complexity index is 353. The van der Waals surface area contributed by atoms with Crippen molar-refractivity contribution in [2.45, 2.75) is 11.7 Å². The lowest BCUT2D eigenvalue weighted by atomic mass is 10.1. The summed E-state index contributed by atoms with van der Waals surface area (Å²) in [5.41, 5.74) is 0.827. The van der Waals surface area contributed by atoms with Gasteiger partial charge in [-0.15, -0.1) is 6.58 Å². The van der Waals surface area contributed by atoms with Crippen LogP contribution in [0.3, 0.4) is 0 Å². The maximum absolute atomic E-state index is 11.3. The smallest absolute Gasteiger partial charge is 0.280 e. The zero-order chi connectivity index (χ0) is 11.3. The molecule has 15 heavy (non-hydrogen) atoms. The Balaban J connectivity index is 2.95. The average Bonchev–Trinajstić information content (AvgIpc) is 2.30. The minimum Gasteiger partial charge on any atom is -0.350 e. The van der Waals surface area contributed by atoms with Crippen molar-refractivity contribution < 1.29 is 4.79 Å². The van der Waals surface area contributed by atoms with Crippen LogP contribution in [0.25, 0.3) is 0 Å². The van der Waals surface area contributed by atoms with Crippen molar-refractivity contribution in [3.05, 3.63) is 42.7 Å². The monoisotopic (exact) mass is 222 g/mol. The molecule has 1 rings (SSSR count). The van der Waals surface area contributed by atoms with E-state index in [2.05, 4.69) is 16.9 Å². The summed E-state index contributed by atoms with van der Waals surface area (Å²) in [6, 6.07) is 5.63. The second-order valence-electron chi connectivity index (χ2n) is 3.17. The van der Waals surface area contributed by atoms with Gasteiger partial charge in [-0.25, -0.2) is 0 Å². The van der Waals surface area contributed by atoms with E-state index in [0.29, 0.717) is 0 Å². The largest absolute Gasteiger partial charge is 0.350 e. The number of hydrogen-bond donors (Lipinski definition) is 1. The molecule has 1 amide bonds. The van der Waals surface area contributed by atoms with E-state index in [4.69, 9.17) is 0 Å². The summed E-state index contributed by atoms with van der Waals surface area (Å²) in [6.45, 7) is 5.67. The Morgan fingerprint density at radius 2 is 2.40 bits per heavy atom. The summed E-state index contributed by atoms with van der Waals surface area (Å²) < 4.78 is -0.485. The number of nitrogens with one attached hydrogen (secondary N) is 1. The third-order valence-electron chi connectivity index (χ3n) is 2.07. The van der Waals surface area contributed by atoms with E-state index in [9.17, 15) is 4.79 Å². The van der Waals surface area contributed by atoms with Gasteiger partial charge in [-0.2, -0.15) is 0 Å². The van der Waals surface area contributed by atoms with Gasteiger partial charge in [0.2, 0.25) is 0 Å². The van der Waals surface area contributed by atoms with Crippen molar-refractivity contribution >= 4 is 17.0 Å². The number of carbonyl (C=O) groups is 1. The van der Waals surface area contributed by atoms with Crippen LogP contribution in [0, 0.1) is 0 Å².